The molecule has 0 saturated heterocycles. The third-order valence-electron chi connectivity index (χ3n) is 3.39. The van der Waals surface area contributed by atoms with Crippen LogP contribution in [0.5, 0.6) is 5.75 Å². The largest absolute Gasteiger partial charge is 0.490 e. The number of rotatable bonds is 4. The second-order valence-corrected chi connectivity index (χ2v) is 6.48. The Balaban J connectivity index is 1.96. The van der Waals surface area contributed by atoms with Crippen LogP contribution in [-0.2, 0) is 0 Å². The summed E-state index contributed by atoms with van der Waals surface area (Å²) in [6.07, 6.45) is 1.91. The molecule has 120 valence electrons. The van der Waals surface area contributed by atoms with E-state index >= 15 is 0 Å². The maximum atomic E-state index is 9.49. The molecule has 3 rings (SSSR count). The van der Waals surface area contributed by atoms with Gasteiger partial charge in [-0.05, 0) is 65.7 Å². The molecule has 24 heavy (non-hydrogen) atoms. The third kappa shape index (κ3) is 3.50. The van der Waals surface area contributed by atoms with Crippen LogP contribution in [0.1, 0.15) is 25.2 Å². The summed E-state index contributed by atoms with van der Waals surface area (Å²) in [5, 5.41) is 9.49. The second kappa shape index (κ2) is 6.90. The Bertz CT molecular complexity index is 918. The van der Waals surface area contributed by atoms with Crippen LogP contribution in [0, 0.1) is 11.3 Å². The molecule has 0 aliphatic carbocycles. The van der Waals surface area contributed by atoms with Gasteiger partial charge in [0.2, 0.25) is 0 Å². The van der Waals surface area contributed by atoms with E-state index in [0.29, 0.717) is 11.4 Å². The SMILES string of the molecule is CC(C)Oc1ccc(/C=C(/C#N)c2nc3ccccc3[nH]2)cc1Br. The smallest absolute Gasteiger partial charge is 0.149 e. The molecule has 0 spiro atoms. The Labute approximate surface area is 148 Å². The summed E-state index contributed by atoms with van der Waals surface area (Å²) in [5.74, 6) is 1.35. The highest BCUT2D eigenvalue weighted by atomic mass is 79.9. The maximum absolute atomic E-state index is 9.49. The standard InChI is InChI=1S/C19H16BrN3O/c1-12(2)24-18-8-7-13(10-15(18)20)9-14(11-21)19-22-16-5-3-4-6-17(16)23-19/h3-10,12H,1-2H3,(H,22,23)/b14-9-. The van der Waals surface area contributed by atoms with E-state index in [1.807, 2.05) is 62.4 Å². The lowest BCUT2D eigenvalue weighted by atomic mass is 10.1. The van der Waals surface area contributed by atoms with Crippen LogP contribution in [0.2, 0.25) is 0 Å². The van der Waals surface area contributed by atoms with Gasteiger partial charge in [0.25, 0.3) is 0 Å². The number of ether oxygens (including phenoxy) is 1. The average Bonchev–Trinajstić information content (AvgIpc) is 2.98. The number of para-hydroxylation sites is 2. The van der Waals surface area contributed by atoms with E-state index in [4.69, 9.17) is 4.74 Å². The summed E-state index contributed by atoms with van der Waals surface area (Å²) in [5.41, 5.74) is 3.14. The Morgan fingerprint density at radius 3 is 2.75 bits per heavy atom. The minimum Gasteiger partial charge on any atom is -0.490 e. The molecule has 1 heterocycles. The summed E-state index contributed by atoms with van der Waals surface area (Å²) < 4.78 is 6.56. The minimum atomic E-state index is 0.105. The van der Waals surface area contributed by atoms with Crippen LogP contribution < -0.4 is 4.74 Å². The van der Waals surface area contributed by atoms with Gasteiger partial charge in [-0.15, -0.1) is 0 Å². The molecule has 1 N–H and O–H groups in total. The van der Waals surface area contributed by atoms with Crippen molar-refractivity contribution in [2.24, 2.45) is 0 Å². The van der Waals surface area contributed by atoms with Crippen molar-refractivity contribution in [1.82, 2.24) is 9.97 Å². The predicted octanol–water partition coefficient (Wildman–Crippen LogP) is 5.18. The molecule has 1 aromatic heterocycles. The van der Waals surface area contributed by atoms with Crippen molar-refractivity contribution < 1.29 is 4.74 Å². The zero-order valence-corrected chi connectivity index (χ0v) is 15.0. The van der Waals surface area contributed by atoms with Crippen molar-refractivity contribution in [3.05, 3.63) is 58.3 Å². The fraction of sp³-hybridized carbons (Fsp3) is 0.158. The highest BCUT2D eigenvalue weighted by molar-refractivity contribution is 9.10. The van der Waals surface area contributed by atoms with Crippen molar-refractivity contribution in [2.75, 3.05) is 0 Å². The number of allylic oxidation sites excluding steroid dienone is 1. The summed E-state index contributed by atoms with van der Waals surface area (Å²) in [6.45, 7) is 3.96. The van der Waals surface area contributed by atoms with E-state index in [2.05, 4.69) is 32.0 Å². The number of nitrogens with one attached hydrogen (secondary N) is 1. The van der Waals surface area contributed by atoms with E-state index in [0.717, 1.165) is 26.8 Å². The van der Waals surface area contributed by atoms with E-state index < -0.39 is 0 Å². The zero-order chi connectivity index (χ0) is 17.1. The van der Waals surface area contributed by atoms with Gasteiger partial charge in [-0.3, -0.25) is 0 Å². The topological polar surface area (TPSA) is 61.7 Å². The van der Waals surface area contributed by atoms with Gasteiger partial charge in [-0.1, -0.05) is 18.2 Å². The lowest BCUT2D eigenvalue weighted by molar-refractivity contribution is 0.241. The van der Waals surface area contributed by atoms with Crippen LogP contribution >= 0.6 is 15.9 Å². The molecule has 0 aliphatic heterocycles. The fourth-order valence-electron chi connectivity index (χ4n) is 2.36. The van der Waals surface area contributed by atoms with E-state index in [1.165, 1.54) is 0 Å². The van der Waals surface area contributed by atoms with E-state index in [9.17, 15) is 5.26 Å². The van der Waals surface area contributed by atoms with Crippen molar-refractivity contribution >= 4 is 38.6 Å². The molecule has 4 nitrogen and oxygen atoms in total. The Morgan fingerprint density at radius 2 is 2.08 bits per heavy atom. The number of H-pyrrole nitrogens is 1. The lowest BCUT2D eigenvalue weighted by Gasteiger charge is -2.11. The van der Waals surface area contributed by atoms with Crippen molar-refractivity contribution in [1.29, 1.82) is 5.26 Å². The first-order chi connectivity index (χ1) is 11.6. The number of imidazole rings is 1. The van der Waals surface area contributed by atoms with Crippen molar-refractivity contribution in [3.63, 3.8) is 0 Å². The molecule has 0 amide bonds. The molecule has 0 bridgehead atoms. The summed E-state index contributed by atoms with van der Waals surface area (Å²) in [4.78, 5) is 7.66. The first kappa shape index (κ1) is 16.3. The van der Waals surface area contributed by atoms with Gasteiger partial charge in [-0.25, -0.2) is 4.98 Å². The average molecular weight is 382 g/mol. The number of benzene rings is 2. The molecular formula is C19H16BrN3O. The number of hydrogen-bond donors (Lipinski definition) is 1. The molecule has 2 aromatic carbocycles. The maximum Gasteiger partial charge on any atom is 0.149 e. The molecular weight excluding hydrogens is 366 g/mol. The lowest BCUT2D eigenvalue weighted by Crippen LogP contribution is -2.05. The van der Waals surface area contributed by atoms with Gasteiger partial charge < -0.3 is 9.72 Å². The molecule has 0 saturated carbocycles. The molecule has 5 heteroatoms. The molecule has 0 fully saturated rings. The number of nitriles is 1. The predicted molar refractivity (Wildman–Crippen MR) is 99.5 cm³/mol. The van der Waals surface area contributed by atoms with Crippen molar-refractivity contribution in [3.8, 4) is 11.8 Å². The van der Waals surface area contributed by atoms with Gasteiger partial charge in [0, 0.05) is 0 Å². The molecule has 3 aromatic rings. The van der Waals surface area contributed by atoms with Crippen LogP contribution in [0.15, 0.2) is 46.9 Å². The van der Waals surface area contributed by atoms with Crippen molar-refractivity contribution in [2.45, 2.75) is 20.0 Å². The van der Waals surface area contributed by atoms with Gasteiger partial charge >= 0.3 is 0 Å². The van der Waals surface area contributed by atoms with E-state index in [-0.39, 0.29) is 6.10 Å². The first-order valence-corrected chi connectivity index (χ1v) is 8.39. The van der Waals surface area contributed by atoms with Crippen LogP contribution in [0.3, 0.4) is 0 Å². The highest BCUT2D eigenvalue weighted by Crippen LogP contribution is 2.28. The van der Waals surface area contributed by atoms with Crippen LogP contribution in [0.4, 0.5) is 0 Å². The van der Waals surface area contributed by atoms with Crippen LogP contribution in [-0.4, -0.2) is 16.1 Å². The summed E-state index contributed by atoms with van der Waals surface area (Å²) >= 11 is 3.51. The van der Waals surface area contributed by atoms with Gasteiger partial charge in [-0.2, -0.15) is 5.26 Å². The number of aromatic nitrogens is 2. The fourth-order valence-corrected chi connectivity index (χ4v) is 2.85. The highest BCUT2D eigenvalue weighted by Gasteiger charge is 2.09. The third-order valence-corrected chi connectivity index (χ3v) is 4.01. The summed E-state index contributed by atoms with van der Waals surface area (Å²) in [6, 6.07) is 15.7. The summed E-state index contributed by atoms with van der Waals surface area (Å²) in [7, 11) is 0. The number of aromatic amines is 1. The number of nitrogens with zero attached hydrogens (tertiary/aromatic N) is 2. The minimum absolute atomic E-state index is 0.105. The number of halogens is 1. The Hall–Kier alpha value is -2.58. The monoisotopic (exact) mass is 381 g/mol. The number of hydrogen-bond acceptors (Lipinski definition) is 3. The molecule has 0 atom stereocenters. The first-order valence-electron chi connectivity index (χ1n) is 7.60. The quantitative estimate of drug-likeness (QED) is 0.633. The Morgan fingerprint density at radius 1 is 1.29 bits per heavy atom. The molecule has 0 aliphatic rings. The zero-order valence-electron chi connectivity index (χ0n) is 13.4. The number of fused-ring (bicyclic) bond motifs is 1. The van der Waals surface area contributed by atoms with Crippen LogP contribution in [0.25, 0.3) is 22.7 Å². The van der Waals surface area contributed by atoms with Gasteiger partial charge in [0.1, 0.15) is 17.6 Å². The van der Waals surface area contributed by atoms with E-state index in [1.54, 1.807) is 0 Å². The Kier molecular flexibility index (Phi) is 4.68. The van der Waals surface area contributed by atoms with Gasteiger partial charge in [0.15, 0.2) is 0 Å². The van der Waals surface area contributed by atoms with Gasteiger partial charge in [0.05, 0.1) is 27.2 Å². The molecule has 0 unspecified atom stereocenters. The molecule has 0 radical (unpaired) electrons. The second-order valence-electron chi connectivity index (χ2n) is 5.63. The normalized spacial score (nSPS) is 11.7.